The third kappa shape index (κ3) is 2.33. The first kappa shape index (κ1) is 14.0. The summed E-state index contributed by atoms with van der Waals surface area (Å²) in [5.74, 6) is 0. The van der Waals surface area contributed by atoms with Crippen molar-refractivity contribution in [3.63, 3.8) is 0 Å². The molecule has 4 N–H and O–H groups in total. The van der Waals surface area contributed by atoms with Crippen LogP contribution in [0.3, 0.4) is 0 Å². The Hall–Kier alpha value is 0.0169. The van der Waals surface area contributed by atoms with Gasteiger partial charge in [0.05, 0.1) is 5.16 Å². The zero-order valence-electron chi connectivity index (χ0n) is 9.50. The predicted octanol–water partition coefficient (Wildman–Crippen LogP) is -0.140. The van der Waals surface area contributed by atoms with Crippen molar-refractivity contribution in [1.82, 2.24) is 0 Å². The van der Waals surface area contributed by atoms with E-state index in [0.717, 1.165) is 12.8 Å². The Morgan fingerprint density at radius 3 is 1.79 bits per heavy atom. The van der Waals surface area contributed by atoms with Gasteiger partial charge in [0.1, 0.15) is 0 Å². The normalized spacial score (nSPS) is 16.7. The van der Waals surface area contributed by atoms with Gasteiger partial charge in [-0.15, -0.1) is 0 Å². The van der Waals surface area contributed by atoms with Gasteiger partial charge < -0.3 is 24.7 Å². The van der Waals surface area contributed by atoms with Crippen LogP contribution in [0.4, 0.5) is 0 Å². The van der Waals surface area contributed by atoms with Crippen molar-refractivity contribution in [3.05, 3.63) is 0 Å². The summed E-state index contributed by atoms with van der Waals surface area (Å²) in [5.41, 5.74) is 11.9. The molecule has 0 aromatic heterocycles. The van der Waals surface area contributed by atoms with Gasteiger partial charge in [0.2, 0.25) is 0 Å². The van der Waals surface area contributed by atoms with E-state index < -0.39 is 14.0 Å². The molecule has 1 unspecified atom stereocenters. The molecule has 0 aromatic rings. The molecule has 5 nitrogen and oxygen atoms in total. The number of rotatable bonds is 7. The molecule has 6 heteroatoms. The van der Waals surface area contributed by atoms with E-state index in [1.165, 1.54) is 0 Å². The van der Waals surface area contributed by atoms with Gasteiger partial charge in [-0.05, 0) is 6.42 Å². The fraction of sp³-hybridized carbons (Fsp3) is 1.00. The highest BCUT2D eigenvalue weighted by Crippen LogP contribution is 2.24. The van der Waals surface area contributed by atoms with Crippen LogP contribution < -0.4 is 11.5 Å². The third-order valence-corrected chi connectivity index (χ3v) is 5.76. The third-order valence-electron chi connectivity index (χ3n) is 2.48. The molecule has 0 bridgehead atoms. The van der Waals surface area contributed by atoms with Crippen LogP contribution in [0.5, 0.6) is 0 Å². The molecule has 0 radical (unpaired) electrons. The Morgan fingerprint density at radius 1 is 1.14 bits per heavy atom. The minimum absolute atomic E-state index is 0.294. The van der Waals surface area contributed by atoms with Crippen molar-refractivity contribution in [2.45, 2.75) is 24.9 Å². The lowest BCUT2D eigenvalue weighted by atomic mass is 10.2. The van der Waals surface area contributed by atoms with E-state index in [1.54, 1.807) is 21.3 Å². The van der Waals surface area contributed by atoms with Crippen molar-refractivity contribution < 1.29 is 13.3 Å². The van der Waals surface area contributed by atoms with Crippen molar-refractivity contribution >= 4 is 8.80 Å². The summed E-state index contributed by atoms with van der Waals surface area (Å²) in [5, 5.41) is -0.694. The van der Waals surface area contributed by atoms with Crippen LogP contribution in [0.25, 0.3) is 0 Å². The van der Waals surface area contributed by atoms with E-state index in [-0.39, 0.29) is 0 Å². The molecule has 14 heavy (non-hydrogen) atoms. The summed E-state index contributed by atoms with van der Waals surface area (Å²) in [6.07, 6.45) is 1.64. The lowest BCUT2D eigenvalue weighted by Crippen LogP contribution is -2.72. The van der Waals surface area contributed by atoms with E-state index in [4.69, 9.17) is 24.7 Å². The first-order valence-corrected chi connectivity index (χ1v) is 6.42. The van der Waals surface area contributed by atoms with Crippen LogP contribution in [0.15, 0.2) is 0 Å². The highest BCUT2D eigenvalue weighted by molar-refractivity contribution is 6.64. The van der Waals surface area contributed by atoms with E-state index in [0.29, 0.717) is 6.54 Å². The van der Waals surface area contributed by atoms with Gasteiger partial charge in [0.15, 0.2) is 0 Å². The summed E-state index contributed by atoms with van der Waals surface area (Å²) in [6.45, 7) is 2.33. The summed E-state index contributed by atoms with van der Waals surface area (Å²) in [4.78, 5) is 0. The first-order chi connectivity index (χ1) is 6.55. The average Bonchev–Trinajstić information content (AvgIpc) is 2.21. The molecule has 0 saturated carbocycles. The molecule has 0 aliphatic heterocycles. The first-order valence-electron chi connectivity index (χ1n) is 4.70. The minimum Gasteiger partial charge on any atom is -0.376 e. The molecule has 0 fully saturated rings. The Morgan fingerprint density at radius 2 is 1.57 bits per heavy atom. The molecule has 0 saturated heterocycles. The molecule has 0 rings (SSSR count). The van der Waals surface area contributed by atoms with Gasteiger partial charge in [-0.25, -0.2) is 0 Å². The van der Waals surface area contributed by atoms with E-state index in [2.05, 4.69) is 0 Å². The standard InChI is InChI=1S/C8H22N2O3Si/c1-5-6-8(10,7-9)14(11-2,12-3)13-4/h5-7,9-10H2,1-4H3. The number of nitrogens with two attached hydrogens (primary N) is 2. The van der Waals surface area contributed by atoms with Gasteiger partial charge in [0, 0.05) is 27.9 Å². The molecule has 0 amide bonds. The molecular formula is C8H22N2O3Si. The van der Waals surface area contributed by atoms with Gasteiger partial charge in [-0.1, -0.05) is 13.3 Å². The van der Waals surface area contributed by atoms with E-state index in [9.17, 15) is 0 Å². The maximum Gasteiger partial charge on any atom is 0.522 e. The Labute approximate surface area is 87.1 Å². The molecule has 0 heterocycles. The van der Waals surface area contributed by atoms with Crippen LogP contribution in [-0.2, 0) is 13.3 Å². The van der Waals surface area contributed by atoms with Crippen LogP contribution in [0.2, 0.25) is 0 Å². The summed E-state index contributed by atoms with van der Waals surface area (Å²) in [7, 11) is 1.80. The topological polar surface area (TPSA) is 79.7 Å². The zero-order chi connectivity index (χ0) is 11.2. The van der Waals surface area contributed by atoms with Crippen molar-refractivity contribution in [2.75, 3.05) is 27.9 Å². The largest absolute Gasteiger partial charge is 0.522 e. The fourth-order valence-corrected chi connectivity index (χ4v) is 4.21. The second-order valence-corrected chi connectivity index (χ2v) is 6.61. The maximum absolute atomic E-state index is 6.18. The highest BCUT2D eigenvalue weighted by Gasteiger charge is 2.56. The highest BCUT2D eigenvalue weighted by atomic mass is 28.4. The zero-order valence-corrected chi connectivity index (χ0v) is 10.5. The maximum atomic E-state index is 6.18. The summed E-state index contributed by atoms with van der Waals surface area (Å²) >= 11 is 0. The van der Waals surface area contributed by atoms with E-state index in [1.807, 2.05) is 6.92 Å². The SMILES string of the molecule is CCCC(N)(CN)[Si](OC)(OC)OC. The van der Waals surface area contributed by atoms with Gasteiger partial charge in [-0.3, -0.25) is 0 Å². The molecule has 86 valence electrons. The van der Waals surface area contributed by atoms with Gasteiger partial charge in [0.25, 0.3) is 0 Å². The number of hydrogen-bond donors (Lipinski definition) is 2. The molecule has 1 atom stereocenters. The van der Waals surface area contributed by atoms with Crippen molar-refractivity contribution in [1.29, 1.82) is 0 Å². The predicted molar refractivity (Wildman–Crippen MR) is 57.7 cm³/mol. The summed E-state index contributed by atoms with van der Waals surface area (Å²) in [6, 6.07) is 0. The smallest absolute Gasteiger partial charge is 0.376 e. The molecule has 0 spiro atoms. The van der Waals surface area contributed by atoms with Gasteiger partial charge >= 0.3 is 8.80 Å². The second-order valence-electron chi connectivity index (χ2n) is 3.28. The fourth-order valence-electron chi connectivity index (χ4n) is 1.69. The lowest BCUT2D eigenvalue weighted by Gasteiger charge is -2.39. The molecule has 0 aromatic carbocycles. The van der Waals surface area contributed by atoms with Crippen LogP contribution in [0, 0.1) is 0 Å². The molecule has 0 aliphatic carbocycles. The van der Waals surface area contributed by atoms with Crippen molar-refractivity contribution in [3.8, 4) is 0 Å². The monoisotopic (exact) mass is 222 g/mol. The quantitative estimate of drug-likeness (QED) is 0.586. The molecule has 0 aliphatic rings. The Bertz CT molecular complexity index is 158. The van der Waals surface area contributed by atoms with E-state index >= 15 is 0 Å². The Balaban J connectivity index is 4.90. The lowest BCUT2D eigenvalue weighted by molar-refractivity contribution is 0.0902. The second kappa shape index (κ2) is 5.79. The average molecular weight is 222 g/mol. The Kier molecular flexibility index (Phi) is 5.80. The van der Waals surface area contributed by atoms with Crippen LogP contribution in [0.1, 0.15) is 19.8 Å². The van der Waals surface area contributed by atoms with Crippen LogP contribution in [-0.4, -0.2) is 41.8 Å². The minimum atomic E-state index is -2.84. The summed E-state index contributed by atoms with van der Waals surface area (Å²) < 4.78 is 16.0. The van der Waals surface area contributed by atoms with Crippen molar-refractivity contribution in [2.24, 2.45) is 11.5 Å². The number of hydrogen-bond acceptors (Lipinski definition) is 5. The van der Waals surface area contributed by atoms with Crippen LogP contribution >= 0.6 is 0 Å². The van der Waals surface area contributed by atoms with Gasteiger partial charge in [-0.2, -0.15) is 0 Å². The molecular weight excluding hydrogens is 200 g/mol.